The molecule has 0 aliphatic rings. The van der Waals surface area contributed by atoms with Gasteiger partial charge in [-0.25, -0.2) is 0 Å². The highest BCUT2D eigenvalue weighted by Crippen LogP contribution is 2.23. The summed E-state index contributed by atoms with van der Waals surface area (Å²) in [5, 5.41) is 3.61. The first-order valence-corrected chi connectivity index (χ1v) is 8.21. The first-order valence-electron chi connectivity index (χ1n) is 7.06. The molecule has 1 aromatic carbocycles. The fourth-order valence-corrected chi connectivity index (χ4v) is 3.17. The molecule has 0 aromatic heterocycles. The molecule has 1 atom stereocenters. The van der Waals surface area contributed by atoms with Gasteiger partial charge in [0.05, 0.1) is 0 Å². The molecule has 0 amide bonds. The Hall–Kier alpha value is -0.510. The number of thioether (sulfide) groups is 1. The first kappa shape index (κ1) is 16.5. The molecule has 2 nitrogen and oxygen atoms in total. The van der Waals surface area contributed by atoms with E-state index in [4.69, 9.17) is 4.74 Å². The van der Waals surface area contributed by atoms with E-state index in [2.05, 4.69) is 44.3 Å². The largest absolute Gasteiger partial charge is 0.385 e. The Morgan fingerprint density at radius 1 is 1.32 bits per heavy atom. The van der Waals surface area contributed by atoms with Gasteiger partial charge in [0.2, 0.25) is 0 Å². The molecule has 108 valence electrons. The number of nitrogens with one attached hydrogen (secondary N) is 1. The second-order valence-corrected chi connectivity index (χ2v) is 6.04. The van der Waals surface area contributed by atoms with Crippen molar-refractivity contribution < 1.29 is 4.74 Å². The van der Waals surface area contributed by atoms with Crippen molar-refractivity contribution in [3.05, 3.63) is 34.9 Å². The number of ether oxygens (including phenoxy) is 1. The molecular formula is C16H27NOS. The Bertz CT molecular complexity index is 368. The zero-order valence-corrected chi connectivity index (χ0v) is 13.5. The van der Waals surface area contributed by atoms with E-state index in [1.165, 1.54) is 22.4 Å². The van der Waals surface area contributed by atoms with Crippen LogP contribution in [0.5, 0.6) is 0 Å². The Morgan fingerprint density at radius 3 is 2.79 bits per heavy atom. The molecule has 1 rings (SSSR count). The molecule has 0 saturated heterocycles. The van der Waals surface area contributed by atoms with E-state index < -0.39 is 0 Å². The lowest BCUT2D eigenvalue weighted by Crippen LogP contribution is -2.24. The summed E-state index contributed by atoms with van der Waals surface area (Å²) in [4.78, 5) is 0. The molecule has 1 aromatic rings. The van der Waals surface area contributed by atoms with Crippen molar-refractivity contribution in [2.24, 2.45) is 0 Å². The van der Waals surface area contributed by atoms with E-state index in [1.807, 2.05) is 11.8 Å². The fourth-order valence-electron chi connectivity index (χ4n) is 2.15. The van der Waals surface area contributed by atoms with Crippen molar-refractivity contribution in [2.75, 3.05) is 31.8 Å². The Kier molecular flexibility index (Phi) is 8.19. The summed E-state index contributed by atoms with van der Waals surface area (Å²) in [5.41, 5.74) is 4.17. The summed E-state index contributed by atoms with van der Waals surface area (Å²) in [5.74, 6) is 2.29. The van der Waals surface area contributed by atoms with E-state index in [1.54, 1.807) is 7.11 Å². The summed E-state index contributed by atoms with van der Waals surface area (Å²) in [7, 11) is 1.77. The van der Waals surface area contributed by atoms with Crippen LogP contribution in [0, 0.1) is 13.8 Å². The smallest absolute Gasteiger partial charge is 0.0470 e. The van der Waals surface area contributed by atoms with Gasteiger partial charge in [0.1, 0.15) is 0 Å². The van der Waals surface area contributed by atoms with E-state index in [0.717, 1.165) is 25.3 Å². The van der Waals surface area contributed by atoms with Gasteiger partial charge in [-0.1, -0.05) is 30.7 Å². The minimum atomic E-state index is 0.456. The van der Waals surface area contributed by atoms with E-state index in [-0.39, 0.29) is 0 Å². The monoisotopic (exact) mass is 281 g/mol. The summed E-state index contributed by atoms with van der Waals surface area (Å²) < 4.78 is 5.09. The lowest BCUT2D eigenvalue weighted by Gasteiger charge is -2.20. The zero-order chi connectivity index (χ0) is 14.1. The Balaban J connectivity index is 2.58. The van der Waals surface area contributed by atoms with E-state index in [9.17, 15) is 0 Å². The Labute approximate surface area is 122 Å². The molecular weight excluding hydrogens is 254 g/mol. The minimum absolute atomic E-state index is 0.456. The standard InChI is InChI=1S/C16H27NOS/c1-5-17-16(12-19-10-6-9-18-4)15-11-13(2)7-8-14(15)3/h7-8,11,16-17H,5-6,9-10,12H2,1-4H3. The molecule has 0 spiro atoms. The predicted molar refractivity (Wildman–Crippen MR) is 86.2 cm³/mol. The molecule has 0 saturated carbocycles. The maximum atomic E-state index is 5.09. The lowest BCUT2D eigenvalue weighted by atomic mass is 10.00. The number of hydrogen-bond acceptors (Lipinski definition) is 3. The van der Waals surface area contributed by atoms with Crippen molar-refractivity contribution in [1.82, 2.24) is 5.32 Å². The van der Waals surface area contributed by atoms with Crippen molar-refractivity contribution in [3.8, 4) is 0 Å². The van der Waals surface area contributed by atoms with Crippen molar-refractivity contribution in [2.45, 2.75) is 33.2 Å². The number of benzene rings is 1. The highest BCUT2D eigenvalue weighted by atomic mass is 32.2. The lowest BCUT2D eigenvalue weighted by molar-refractivity contribution is 0.200. The summed E-state index contributed by atoms with van der Waals surface area (Å²) >= 11 is 2.01. The van der Waals surface area contributed by atoms with Crippen LogP contribution in [-0.2, 0) is 4.74 Å². The van der Waals surface area contributed by atoms with Crippen LogP contribution in [0.3, 0.4) is 0 Å². The minimum Gasteiger partial charge on any atom is -0.385 e. The maximum absolute atomic E-state index is 5.09. The van der Waals surface area contributed by atoms with Crippen LogP contribution >= 0.6 is 11.8 Å². The van der Waals surface area contributed by atoms with Gasteiger partial charge in [-0.3, -0.25) is 0 Å². The molecule has 3 heteroatoms. The highest BCUT2D eigenvalue weighted by Gasteiger charge is 2.12. The third-order valence-corrected chi connectivity index (χ3v) is 4.33. The SMILES string of the molecule is CCNC(CSCCCOC)c1cc(C)ccc1C. The molecule has 0 heterocycles. The van der Waals surface area contributed by atoms with Crippen LogP contribution in [-0.4, -0.2) is 31.8 Å². The van der Waals surface area contributed by atoms with Gasteiger partial charge < -0.3 is 10.1 Å². The second-order valence-electron chi connectivity index (χ2n) is 4.89. The summed E-state index contributed by atoms with van der Waals surface area (Å²) in [6.07, 6.45) is 1.13. The third-order valence-electron chi connectivity index (χ3n) is 3.18. The van der Waals surface area contributed by atoms with Crippen LogP contribution in [0.4, 0.5) is 0 Å². The summed E-state index contributed by atoms with van der Waals surface area (Å²) in [6.45, 7) is 8.42. The van der Waals surface area contributed by atoms with Crippen LogP contribution in [0.15, 0.2) is 18.2 Å². The normalized spacial score (nSPS) is 12.6. The van der Waals surface area contributed by atoms with Crippen LogP contribution < -0.4 is 5.32 Å². The van der Waals surface area contributed by atoms with Crippen molar-refractivity contribution in [3.63, 3.8) is 0 Å². The second kappa shape index (κ2) is 9.40. The fraction of sp³-hybridized carbons (Fsp3) is 0.625. The molecule has 0 fully saturated rings. The molecule has 19 heavy (non-hydrogen) atoms. The van der Waals surface area contributed by atoms with Gasteiger partial charge in [-0.15, -0.1) is 0 Å². The maximum Gasteiger partial charge on any atom is 0.0470 e. The van der Waals surface area contributed by atoms with Crippen molar-refractivity contribution in [1.29, 1.82) is 0 Å². The summed E-state index contributed by atoms with van der Waals surface area (Å²) in [6, 6.07) is 7.19. The predicted octanol–water partition coefficient (Wildman–Crippen LogP) is 3.72. The van der Waals surface area contributed by atoms with Gasteiger partial charge in [0.25, 0.3) is 0 Å². The van der Waals surface area contributed by atoms with E-state index in [0.29, 0.717) is 6.04 Å². The van der Waals surface area contributed by atoms with Gasteiger partial charge in [0.15, 0.2) is 0 Å². The number of hydrogen-bond donors (Lipinski definition) is 1. The number of methoxy groups -OCH3 is 1. The molecule has 0 radical (unpaired) electrons. The average molecular weight is 281 g/mol. The van der Waals surface area contributed by atoms with E-state index >= 15 is 0 Å². The molecule has 1 N–H and O–H groups in total. The van der Waals surface area contributed by atoms with Gasteiger partial charge in [-0.05, 0) is 43.7 Å². The zero-order valence-electron chi connectivity index (χ0n) is 12.7. The molecule has 0 aliphatic heterocycles. The number of rotatable bonds is 9. The average Bonchev–Trinajstić information content (AvgIpc) is 2.40. The van der Waals surface area contributed by atoms with Crippen LogP contribution in [0.1, 0.15) is 36.1 Å². The van der Waals surface area contributed by atoms with Gasteiger partial charge >= 0.3 is 0 Å². The van der Waals surface area contributed by atoms with Crippen molar-refractivity contribution >= 4 is 11.8 Å². The quantitative estimate of drug-likeness (QED) is 0.697. The number of aryl methyl sites for hydroxylation is 2. The molecule has 0 aliphatic carbocycles. The van der Waals surface area contributed by atoms with Crippen LogP contribution in [0.25, 0.3) is 0 Å². The molecule has 0 bridgehead atoms. The topological polar surface area (TPSA) is 21.3 Å². The molecule has 1 unspecified atom stereocenters. The first-order chi connectivity index (χ1) is 9.19. The van der Waals surface area contributed by atoms with Gasteiger partial charge in [0, 0.05) is 25.5 Å². The highest BCUT2D eigenvalue weighted by molar-refractivity contribution is 7.99. The third kappa shape index (κ3) is 5.98. The van der Waals surface area contributed by atoms with Crippen LogP contribution in [0.2, 0.25) is 0 Å². The Morgan fingerprint density at radius 2 is 2.11 bits per heavy atom. The van der Waals surface area contributed by atoms with Gasteiger partial charge in [-0.2, -0.15) is 11.8 Å².